The Balaban J connectivity index is 1.56. The van der Waals surface area contributed by atoms with Crippen LogP contribution >= 0.6 is 0 Å². The fourth-order valence-electron chi connectivity index (χ4n) is 3.47. The van der Waals surface area contributed by atoms with Gasteiger partial charge < -0.3 is 19.1 Å². The third kappa shape index (κ3) is 4.34. The van der Waals surface area contributed by atoms with E-state index in [1.165, 1.54) is 0 Å². The van der Waals surface area contributed by atoms with Crippen molar-refractivity contribution in [2.24, 2.45) is 5.92 Å². The van der Waals surface area contributed by atoms with E-state index in [2.05, 4.69) is 22.0 Å². The van der Waals surface area contributed by atoms with Crippen LogP contribution in [0.2, 0.25) is 0 Å². The molecule has 1 aromatic rings. The van der Waals surface area contributed by atoms with Crippen molar-refractivity contribution in [1.29, 1.82) is 0 Å². The van der Waals surface area contributed by atoms with Crippen LogP contribution < -0.4 is 0 Å². The molecular formula is C17H28N4O3. The highest BCUT2D eigenvalue weighted by molar-refractivity contribution is 5.92. The van der Waals surface area contributed by atoms with Crippen LogP contribution in [-0.2, 0) is 11.3 Å². The van der Waals surface area contributed by atoms with Crippen molar-refractivity contribution < 1.29 is 14.1 Å². The van der Waals surface area contributed by atoms with Crippen molar-refractivity contribution in [1.82, 2.24) is 19.9 Å². The molecule has 7 heteroatoms. The summed E-state index contributed by atoms with van der Waals surface area (Å²) in [5.41, 5.74) is 0.423. The third-order valence-corrected chi connectivity index (χ3v) is 4.90. The van der Waals surface area contributed by atoms with E-state index in [0.717, 1.165) is 58.1 Å². The van der Waals surface area contributed by atoms with Crippen LogP contribution in [0.25, 0.3) is 0 Å². The molecule has 2 saturated heterocycles. The van der Waals surface area contributed by atoms with Gasteiger partial charge in [-0.25, -0.2) is 0 Å². The van der Waals surface area contributed by atoms with Crippen LogP contribution in [0.1, 0.15) is 29.6 Å². The fraction of sp³-hybridized carbons (Fsp3) is 0.765. The summed E-state index contributed by atoms with van der Waals surface area (Å²) in [4.78, 5) is 19.2. The zero-order chi connectivity index (χ0) is 16.9. The Morgan fingerprint density at radius 1 is 1.38 bits per heavy atom. The van der Waals surface area contributed by atoms with E-state index >= 15 is 0 Å². The number of hydrogen-bond acceptors (Lipinski definition) is 6. The molecule has 134 valence electrons. The lowest BCUT2D eigenvalue weighted by molar-refractivity contribution is 0.0305. The van der Waals surface area contributed by atoms with Gasteiger partial charge in [0.15, 0.2) is 11.5 Å². The predicted octanol–water partition coefficient (Wildman–Crippen LogP) is 0.921. The maximum atomic E-state index is 12.7. The second kappa shape index (κ2) is 8.09. The molecule has 0 saturated carbocycles. The zero-order valence-corrected chi connectivity index (χ0v) is 14.7. The standard InChI is InChI=1S/C17H28N4O3/c1-3-21(12-14-4-5-19(2)11-14)17(22)16-10-15(24-18-16)13-20-6-8-23-9-7-20/h10,14H,3-9,11-13H2,1-2H3/t14-/m0/s1. The van der Waals surface area contributed by atoms with Crippen molar-refractivity contribution in [3.05, 3.63) is 17.5 Å². The van der Waals surface area contributed by atoms with Gasteiger partial charge in [0.2, 0.25) is 0 Å². The molecule has 24 heavy (non-hydrogen) atoms. The minimum Gasteiger partial charge on any atom is -0.379 e. The minimum atomic E-state index is -0.0240. The monoisotopic (exact) mass is 336 g/mol. The Hall–Kier alpha value is -1.44. The van der Waals surface area contributed by atoms with Gasteiger partial charge in [-0.1, -0.05) is 5.16 Å². The number of rotatable bonds is 6. The second-order valence-electron chi connectivity index (χ2n) is 6.83. The van der Waals surface area contributed by atoms with Gasteiger partial charge in [0.25, 0.3) is 5.91 Å². The van der Waals surface area contributed by atoms with Crippen LogP contribution in [0.3, 0.4) is 0 Å². The molecule has 0 spiro atoms. The fourth-order valence-corrected chi connectivity index (χ4v) is 3.47. The second-order valence-corrected chi connectivity index (χ2v) is 6.83. The molecule has 1 amide bonds. The van der Waals surface area contributed by atoms with E-state index in [4.69, 9.17) is 9.26 Å². The normalized spacial score (nSPS) is 22.8. The Morgan fingerprint density at radius 2 is 2.17 bits per heavy atom. The number of aromatic nitrogens is 1. The first-order valence-electron chi connectivity index (χ1n) is 8.89. The van der Waals surface area contributed by atoms with Crippen LogP contribution in [0.15, 0.2) is 10.6 Å². The average molecular weight is 336 g/mol. The third-order valence-electron chi connectivity index (χ3n) is 4.90. The maximum absolute atomic E-state index is 12.7. The van der Waals surface area contributed by atoms with Crippen molar-refractivity contribution in [3.8, 4) is 0 Å². The van der Waals surface area contributed by atoms with Crippen molar-refractivity contribution in [2.45, 2.75) is 19.9 Å². The molecule has 2 aliphatic rings. The Kier molecular flexibility index (Phi) is 5.86. The van der Waals surface area contributed by atoms with E-state index in [9.17, 15) is 4.79 Å². The van der Waals surface area contributed by atoms with E-state index in [1.807, 2.05) is 11.8 Å². The first-order chi connectivity index (χ1) is 11.7. The summed E-state index contributed by atoms with van der Waals surface area (Å²) in [6.45, 7) is 9.65. The van der Waals surface area contributed by atoms with Crippen molar-refractivity contribution in [3.63, 3.8) is 0 Å². The van der Waals surface area contributed by atoms with Gasteiger partial charge in [-0.05, 0) is 32.9 Å². The summed E-state index contributed by atoms with van der Waals surface area (Å²) in [7, 11) is 2.13. The molecule has 0 N–H and O–H groups in total. The summed E-state index contributed by atoms with van der Waals surface area (Å²) >= 11 is 0. The zero-order valence-electron chi connectivity index (χ0n) is 14.7. The Labute approximate surface area is 143 Å². The molecule has 0 bridgehead atoms. The molecule has 0 unspecified atom stereocenters. The van der Waals surface area contributed by atoms with E-state index in [-0.39, 0.29) is 5.91 Å². The minimum absolute atomic E-state index is 0.0240. The number of carbonyl (C=O) groups excluding carboxylic acids is 1. The summed E-state index contributed by atoms with van der Waals surface area (Å²) in [5.74, 6) is 1.28. The summed E-state index contributed by atoms with van der Waals surface area (Å²) < 4.78 is 10.7. The number of hydrogen-bond donors (Lipinski definition) is 0. The van der Waals surface area contributed by atoms with E-state index in [0.29, 0.717) is 24.7 Å². The highest BCUT2D eigenvalue weighted by Gasteiger charge is 2.26. The van der Waals surface area contributed by atoms with Gasteiger partial charge in [0.1, 0.15) is 0 Å². The van der Waals surface area contributed by atoms with Gasteiger partial charge in [-0.15, -0.1) is 0 Å². The molecule has 3 rings (SSSR count). The number of ether oxygens (including phenoxy) is 1. The SMILES string of the molecule is CCN(C[C@H]1CCN(C)C1)C(=O)c1cc(CN2CCOCC2)on1. The van der Waals surface area contributed by atoms with Crippen molar-refractivity contribution >= 4 is 5.91 Å². The Morgan fingerprint density at radius 3 is 2.83 bits per heavy atom. The van der Waals surface area contributed by atoms with Crippen LogP contribution in [0.5, 0.6) is 0 Å². The number of amides is 1. The van der Waals surface area contributed by atoms with Gasteiger partial charge in [0, 0.05) is 38.8 Å². The largest absolute Gasteiger partial charge is 0.379 e. The lowest BCUT2D eigenvalue weighted by atomic mass is 10.1. The number of morpholine rings is 1. The van der Waals surface area contributed by atoms with E-state index in [1.54, 1.807) is 6.07 Å². The molecule has 0 aliphatic carbocycles. The van der Waals surface area contributed by atoms with Gasteiger partial charge in [-0.2, -0.15) is 0 Å². The lowest BCUT2D eigenvalue weighted by Crippen LogP contribution is -2.36. The molecule has 2 fully saturated rings. The molecule has 1 atom stereocenters. The smallest absolute Gasteiger partial charge is 0.276 e. The maximum Gasteiger partial charge on any atom is 0.276 e. The predicted molar refractivity (Wildman–Crippen MR) is 89.8 cm³/mol. The Bertz CT molecular complexity index is 542. The quantitative estimate of drug-likeness (QED) is 0.770. The summed E-state index contributed by atoms with van der Waals surface area (Å²) in [5, 5.41) is 4.01. The molecule has 1 aromatic heterocycles. The van der Waals surface area contributed by atoms with E-state index < -0.39 is 0 Å². The lowest BCUT2D eigenvalue weighted by Gasteiger charge is -2.25. The van der Waals surface area contributed by atoms with Crippen LogP contribution in [-0.4, -0.2) is 85.3 Å². The molecule has 2 aliphatic heterocycles. The van der Waals surface area contributed by atoms with Gasteiger partial charge in [-0.3, -0.25) is 9.69 Å². The first-order valence-corrected chi connectivity index (χ1v) is 8.89. The average Bonchev–Trinajstić information content (AvgIpc) is 3.22. The van der Waals surface area contributed by atoms with Crippen LogP contribution in [0.4, 0.5) is 0 Å². The highest BCUT2D eigenvalue weighted by atomic mass is 16.5. The number of likely N-dealkylation sites (tertiary alicyclic amines) is 1. The summed E-state index contributed by atoms with van der Waals surface area (Å²) in [6, 6.07) is 1.79. The molecule has 0 aromatic carbocycles. The number of carbonyl (C=O) groups is 1. The van der Waals surface area contributed by atoms with Crippen LogP contribution in [0, 0.1) is 5.92 Å². The molecular weight excluding hydrogens is 308 g/mol. The van der Waals surface area contributed by atoms with Crippen molar-refractivity contribution in [2.75, 3.05) is 59.5 Å². The first kappa shape index (κ1) is 17.4. The highest BCUT2D eigenvalue weighted by Crippen LogP contribution is 2.17. The summed E-state index contributed by atoms with van der Waals surface area (Å²) in [6.07, 6.45) is 1.15. The topological polar surface area (TPSA) is 62.0 Å². The van der Waals surface area contributed by atoms with Gasteiger partial charge >= 0.3 is 0 Å². The number of nitrogens with zero attached hydrogens (tertiary/aromatic N) is 4. The molecule has 7 nitrogen and oxygen atoms in total. The molecule has 3 heterocycles. The van der Waals surface area contributed by atoms with Gasteiger partial charge in [0.05, 0.1) is 19.8 Å². The molecule has 0 radical (unpaired) electrons.